The third-order valence-electron chi connectivity index (χ3n) is 7.68. The number of carbonyl (C=O) groups is 2. The van der Waals surface area contributed by atoms with Crippen LogP contribution in [0.5, 0.6) is 0 Å². The Labute approximate surface area is 172 Å². The molecule has 1 aromatic rings. The lowest BCUT2D eigenvalue weighted by Gasteiger charge is -2.57. The van der Waals surface area contributed by atoms with Gasteiger partial charge in [-0.1, -0.05) is 0 Å². The molecule has 1 aliphatic heterocycles. The molecule has 0 aromatic heterocycles. The standard InChI is InChI=1S/C23H30N2O2S/c1-28-20-4-2-19(3-5-20)21(26)24-6-8-25(9-7-24)22(27)23-13-16-10-17(14-23)12-18(11-16)15-23/h2-5,16-18H,6-15H2,1H3. The summed E-state index contributed by atoms with van der Waals surface area (Å²) in [6.45, 7) is 2.69. The molecule has 0 N–H and O–H groups in total. The summed E-state index contributed by atoms with van der Waals surface area (Å²) < 4.78 is 0. The molecule has 4 saturated carbocycles. The van der Waals surface area contributed by atoms with Crippen LogP contribution in [-0.2, 0) is 4.79 Å². The van der Waals surface area contributed by atoms with Gasteiger partial charge >= 0.3 is 0 Å². The molecule has 0 radical (unpaired) electrons. The molecule has 1 saturated heterocycles. The largest absolute Gasteiger partial charge is 0.339 e. The Morgan fingerprint density at radius 2 is 1.36 bits per heavy atom. The molecular weight excluding hydrogens is 368 g/mol. The van der Waals surface area contributed by atoms with Gasteiger partial charge in [0, 0.05) is 36.6 Å². The van der Waals surface area contributed by atoms with E-state index in [-0.39, 0.29) is 11.3 Å². The van der Waals surface area contributed by atoms with Crippen molar-refractivity contribution in [3.63, 3.8) is 0 Å². The Morgan fingerprint density at radius 3 is 1.86 bits per heavy atom. The summed E-state index contributed by atoms with van der Waals surface area (Å²) >= 11 is 1.68. The molecule has 0 spiro atoms. The fourth-order valence-electron chi connectivity index (χ4n) is 6.74. The van der Waals surface area contributed by atoms with E-state index in [0.29, 0.717) is 32.1 Å². The summed E-state index contributed by atoms with van der Waals surface area (Å²) in [5.41, 5.74) is 0.688. The maximum absolute atomic E-state index is 13.5. The van der Waals surface area contributed by atoms with Gasteiger partial charge in [0.15, 0.2) is 0 Å². The van der Waals surface area contributed by atoms with Gasteiger partial charge in [-0.3, -0.25) is 9.59 Å². The van der Waals surface area contributed by atoms with E-state index in [2.05, 4.69) is 4.90 Å². The molecule has 4 aliphatic carbocycles. The fraction of sp³-hybridized carbons (Fsp3) is 0.652. The highest BCUT2D eigenvalue weighted by atomic mass is 32.2. The van der Waals surface area contributed by atoms with Crippen LogP contribution < -0.4 is 0 Å². The molecule has 4 bridgehead atoms. The summed E-state index contributed by atoms with van der Waals surface area (Å²) in [7, 11) is 0. The first-order valence-electron chi connectivity index (χ1n) is 10.8. The van der Waals surface area contributed by atoms with E-state index >= 15 is 0 Å². The lowest BCUT2D eigenvalue weighted by atomic mass is 9.49. The molecule has 5 aliphatic rings. The molecule has 5 heteroatoms. The summed E-state index contributed by atoms with van der Waals surface area (Å²) in [5.74, 6) is 2.88. The number of hydrogen-bond donors (Lipinski definition) is 0. The highest BCUT2D eigenvalue weighted by molar-refractivity contribution is 7.98. The van der Waals surface area contributed by atoms with Gasteiger partial charge in [-0.25, -0.2) is 0 Å². The van der Waals surface area contributed by atoms with Crippen LogP contribution in [0.2, 0.25) is 0 Å². The van der Waals surface area contributed by atoms with E-state index in [4.69, 9.17) is 0 Å². The van der Waals surface area contributed by atoms with Gasteiger partial charge in [-0.2, -0.15) is 0 Å². The second-order valence-corrected chi connectivity index (χ2v) is 10.4. The Kier molecular flexibility index (Phi) is 4.69. The third-order valence-corrected chi connectivity index (χ3v) is 8.43. The second kappa shape index (κ2) is 7.08. The van der Waals surface area contributed by atoms with Gasteiger partial charge in [0.2, 0.25) is 5.91 Å². The van der Waals surface area contributed by atoms with E-state index in [1.807, 2.05) is 35.4 Å². The molecule has 1 heterocycles. The summed E-state index contributed by atoms with van der Waals surface area (Å²) in [6.07, 6.45) is 9.51. The van der Waals surface area contributed by atoms with E-state index in [9.17, 15) is 9.59 Å². The molecule has 2 amide bonds. The molecule has 6 rings (SSSR count). The first kappa shape index (κ1) is 18.5. The summed E-state index contributed by atoms with van der Waals surface area (Å²) in [4.78, 5) is 31.5. The Bertz CT molecular complexity index is 732. The van der Waals surface area contributed by atoms with E-state index in [0.717, 1.165) is 42.6 Å². The molecular formula is C23H30N2O2S. The number of carbonyl (C=O) groups excluding carboxylic acids is 2. The predicted molar refractivity (Wildman–Crippen MR) is 111 cm³/mol. The van der Waals surface area contributed by atoms with Crippen LogP contribution in [0.3, 0.4) is 0 Å². The van der Waals surface area contributed by atoms with Crippen molar-refractivity contribution in [2.45, 2.75) is 43.4 Å². The van der Waals surface area contributed by atoms with Crippen molar-refractivity contribution < 1.29 is 9.59 Å². The SMILES string of the molecule is CSc1ccc(C(=O)N2CCN(C(=O)C34CC5CC(CC(C5)C3)C4)CC2)cc1. The zero-order valence-corrected chi connectivity index (χ0v) is 17.5. The molecule has 5 fully saturated rings. The fourth-order valence-corrected chi connectivity index (χ4v) is 7.15. The zero-order chi connectivity index (χ0) is 19.3. The topological polar surface area (TPSA) is 40.6 Å². The maximum Gasteiger partial charge on any atom is 0.253 e. The quantitative estimate of drug-likeness (QED) is 0.725. The van der Waals surface area contributed by atoms with Gasteiger partial charge < -0.3 is 9.80 Å². The van der Waals surface area contributed by atoms with Crippen molar-refractivity contribution in [3.8, 4) is 0 Å². The molecule has 28 heavy (non-hydrogen) atoms. The number of thioether (sulfide) groups is 1. The average molecular weight is 399 g/mol. The number of rotatable bonds is 3. The van der Waals surface area contributed by atoms with Crippen LogP contribution in [0.25, 0.3) is 0 Å². The highest BCUT2D eigenvalue weighted by Gasteiger charge is 2.55. The number of amides is 2. The van der Waals surface area contributed by atoms with Crippen LogP contribution in [0.4, 0.5) is 0 Å². The lowest BCUT2D eigenvalue weighted by molar-refractivity contribution is -0.159. The van der Waals surface area contributed by atoms with E-state index < -0.39 is 0 Å². The molecule has 150 valence electrons. The van der Waals surface area contributed by atoms with Crippen LogP contribution in [0, 0.1) is 23.2 Å². The highest BCUT2D eigenvalue weighted by Crippen LogP contribution is 2.60. The van der Waals surface area contributed by atoms with Crippen LogP contribution in [0.15, 0.2) is 29.2 Å². The Morgan fingerprint density at radius 1 is 0.857 bits per heavy atom. The molecule has 4 nitrogen and oxygen atoms in total. The van der Waals surface area contributed by atoms with Gasteiger partial charge in [-0.05, 0) is 86.8 Å². The third kappa shape index (κ3) is 3.16. The average Bonchev–Trinajstić information content (AvgIpc) is 2.72. The van der Waals surface area contributed by atoms with Crippen molar-refractivity contribution in [2.75, 3.05) is 32.4 Å². The number of nitrogens with zero attached hydrogens (tertiary/aromatic N) is 2. The van der Waals surface area contributed by atoms with Gasteiger partial charge in [0.1, 0.15) is 0 Å². The number of benzene rings is 1. The van der Waals surface area contributed by atoms with Crippen molar-refractivity contribution in [3.05, 3.63) is 29.8 Å². The monoisotopic (exact) mass is 398 g/mol. The number of piperazine rings is 1. The lowest BCUT2D eigenvalue weighted by Crippen LogP contribution is -2.58. The van der Waals surface area contributed by atoms with Gasteiger partial charge in [-0.15, -0.1) is 11.8 Å². The molecule has 0 unspecified atom stereocenters. The van der Waals surface area contributed by atoms with E-state index in [1.165, 1.54) is 24.2 Å². The van der Waals surface area contributed by atoms with Crippen LogP contribution >= 0.6 is 11.8 Å². The normalized spacial score (nSPS) is 34.0. The van der Waals surface area contributed by atoms with Crippen LogP contribution in [-0.4, -0.2) is 54.0 Å². The second-order valence-electron chi connectivity index (χ2n) is 9.51. The maximum atomic E-state index is 13.5. The molecule has 0 atom stereocenters. The Balaban J connectivity index is 1.22. The summed E-state index contributed by atoms with van der Waals surface area (Å²) in [6, 6.07) is 7.84. The molecule has 1 aromatic carbocycles. The first-order chi connectivity index (χ1) is 13.6. The number of hydrogen-bond acceptors (Lipinski definition) is 3. The van der Waals surface area contributed by atoms with Crippen LogP contribution in [0.1, 0.15) is 48.9 Å². The predicted octanol–water partition coefficient (Wildman–Crippen LogP) is 3.91. The smallest absolute Gasteiger partial charge is 0.253 e. The van der Waals surface area contributed by atoms with Crippen molar-refractivity contribution >= 4 is 23.6 Å². The van der Waals surface area contributed by atoms with Crippen molar-refractivity contribution in [2.24, 2.45) is 23.2 Å². The Hall–Kier alpha value is -1.49. The zero-order valence-electron chi connectivity index (χ0n) is 16.7. The van der Waals surface area contributed by atoms with E-state index in [1.54, 1.807) is 11.8 Å². The minimum Gasteiger partial charge on any atom is -0.339 e. The van der Waals surface area contributed by atoms with Crippen molar-refractivity contribution in [1.82, 2.24) is 9.80 Å². The van der Waals surface area contributed by atoms with Gasteiger partial charge in [0.25, 0.3) is 5.91 Å². The van der Waals surface area contributed by atoms with Gasteiger partial charge in [0.05, 0.1) is 5.41 Å². The minimum atomic E-state index is -0.0609. The minimum absolute atomic E-state index is 0.0609. The van der Waals surface area contributed by atoms with Crippen molar-refractivity contribution in [1.29, 1.82) is 0 Å². The summed E-state index contributed by atoms with van der Waals surface area (Å²) in [5, 5.41) is 0. The first-order valence-corrected chi connectivity index (χ1v) is 12.0.